The van der Waals surface area contributed by atoms with E-state index in [0.29, 0.717) is 24.2 Å². The van der Waals surface area contributed by atoms with E-state index >= 15 is 0 Å². The van der Waals surface area contributed by atoms with Crippen molar-refractivity contribution in [3.05, 3.63) is 64.6 Å². The molecule has 0 fully saturated rings. The number of hydrogen-bond acceptors (Lipinski definition) is 7. The minimum atomic E-state index is -0.518. The maximum Gasteiger partial charge on any atom is 0.374 e. The van der Waals surface area contributed by atoms with Gasteiger partial charge in [0.15, 0.2) is 11.3 Å². The van der Waals surface area contributed by atoms with Crippen molar-refractivity contribution in [3.63, 3.8) is 0 Å². The molecule has 0 spiro atoms. The Kier molecular flexibility index (Phi) is 9.93. The lowest BCUT2D eigenvalue weighted by atomic mass is 10.1. The fourth-order valence-electron chi connectivity index (χ4n) is 3.40. The average molecular weight is 471 g/mol. The summed E-state index contributed by atoms with van der Waals surface area (Å²) in [7, 11) is 0. The molecule has 2 aromatic heterocycles. The Bertz CT molecular complexity index is 1180. The van der Waals surface area contributed by atoms with E-state index in [1.807, 2.05) is 39.0 Å². The van der Waals surface area contributed by atoms with Gasteiger partial charge in [-0.05, 0) is 81.6 Å². The lowest BCUT2D eigenvalue weighted by Crippen LogP contribution is -2.02. The zero-order valence-electron chi connectivity index (χ0n) is 18.8. The molecule has 0 aliphatic carbocycles. The van der Waals surface area contributed by atoms with Crippen molar-refractivity contribution >= 4 is 33.9 Å². The van der Waals surface area contributed by atoms with Gasteiger partial charge in [-0.1, -0.05) is 20.9 Å². The molecular weight excluding hydrogens is 436 g/mol. The van der Waals surface area contributed by atoms with E-state index in [1.54, 1.807) is 32.0 Å². The van der Waals surface area contributed by atoms with Gasteiger partial charge in [-0.25, -0.2) is 9.59 Å². The molecule has 4 aromatic rings. The quantitative estimate of drug-likeness (QED) is 0.317. The number of furan rings is 2. The van der Waals surface area contributed by atoms with Crippen molar-refractivity contribution in [2.45, 2.75) is 49.5 Å². The van der Waals surface area contributed by atoms with Crippen LogP contribution in [0, 0.1) is 20.8 Å². The van der Waals surface area contributed by atoms with Crippen LogP contribution in [-0.4, -0.2) is 30.3 Å². The minimum absolute atomic E-state index is 0. The highest BCUT2D eigenvalue weighted by molar-refractivity contribution is 5.95. The standard InChI is InChI=1S/C13H14O3.C12H12O4.2CH4/c1-4-15-13(14)11-7-10-6-8(2)5-9(3)12(10)16-11;1-3-15-12(14)10-6-8-4-7(2)5-9(13)11(8)16-10;;/h5-7H,4H2,1-3H3;4-6,13H,3H2,1-2H3;2*1H4. The Morgan fingerprint density at radius 2 is 1.18 bits per heavy atom. The first kappa shape index (κ1) is 28.3. The van der Waals surface area contributed by atoms with Crippen molar-refractivity contribution in [1.82, 2.24) is 0 Å². The Morgan fingerprint density at radius 3 is 1.68 bits per heavy atom. The lowest BCUT2D eigenvalue weighted by molar-refractivity contribution is 0.0484. The summed E-state index contributed by atoms with van der Waals surface area (Å²) < 4.78 is 20.4. The van der Waals surface area contributed by atoms with Crippen molar-refractivity contribution in [1.29, 1.82) is 0 Å². The molecule has 0 saturated heterocycles. The maximum absolute atomic E-state index is 11.5. The molecule has 0 radical (unpaired) electrons. The Balaban J connectivity index is 0.000000321. The minimum Gasteiger partial charge on any atom is -0.504 e. The van der Waals surface area contributed by atoms with E-state index in [4.69, 9.17) is 18.3 Å². The van der Waals surface area contributed by atoms with Crippen molar-refractivity contribution < 1.29 is 33.0 Å². The summed E-state index contributed by atoms with van der Waals surface area (Å²) in [6, 6.07) is 10.7. The fourth-order valence-corrected chi connectivity index (χ4v) is 3.40. The molecule has 2 aromatic carbocycles. The monoisotopic (exact) mass is 470 g/mol. The zero-order valence-corrected chi connectivity index (χ0v) is 18.8. The van der Waals surface area contributed by atoms with Gasteiger partial charge in [0, 0.05) is 10.8 Å². The highest BCUT2D eigenvalue weighted by Crippen LogP contribution is 2.29. The normalized spacial score (nSPS) is 10.0. The largest absolute Gasteiger partial charge is 0.504 e. The predicted octanol–water partition coefficient (Wildman–Crippen LogP) is 7.12. The van der Waals surface area contributed by atoms with Crippen LogP contribution in [0.5, 0.6) is 5.75 Å². The van der Waals surface area contributed by atoms with E-state index in [0.717, 1.165) is 27.7 Å². The molecule has 0 unspecified atom stereocenters. The van der Waals surface area contributed by atoms with Crippen molar-refractivity contribution in [2.24, 2.45) is 0 Å². The van der Waals surface area contributed by atoms with Gasteiger partial charge in [-0.3, -0.25) is 0 Å². The van der Waals surface area contributed by atoms with Crippen molar-refractivity contribution in [2.75, 3.05) is 13.2 Å². The van der Waals surface area contributed by atoms with Crippen LogP contribution in [0.3, 0.4) is 0 Å². The Labute approximate surface area is 200 Å². The van der Waals surface area contributed by atoms with Crippen LogP contribution in [0.2, 0.25) is 0 Å². The molecule has 0 aliphatic heterocycles. The SMILES string of the molecule is C.C.CCOC(=O)c1cc2cc(C)cc(C)c2o1.CCOC(=O)c1cc2cc(C)cc(O)c2o1. The zero-order chi connectivity index (χ0) is 23.4. The molecule has 0 saturated carbocycles. The third kappa shape index (κ3) is 6.19. The third-order valence-electron chi connectivity index (χ3n) is 4.64. The first-order valence-electron chi connectivity index (χ1n) is 10.3. The highest BCUT2D eigenvalue weighted by Gasteiger charge is 2.16. The average Bonchev–Trinajstić information content (AvgIpc) is 3.33. The lowest BCUT2D eigenvalue weighted by Gasteiger charge is -1.97. The fraction of sp³-hybridized carbons (Fsp3) is 0.333. The number of fused-ring (bicyclic) bond motifs is 2. The van der Waals surface area contributed by atoms with Gasteiger partial charge in [0.1, 0.15) is 5.58 Å². The second-order valence-electron chi connectivity index (χ2n) is 7.36. The molecule has 1 N–H and O–H groups in total. The van der Waals surface area contributed by atoms with E-state index in [1.165, 1.54) is 0 Å². The van der Waals surface area contributed by atoms with Crippen LogP contribution in [0.1, 0.15) is 66.5 Å². The Morgan fingerprint density at radius 1 is 0.735 bits per heavy atom. The summed E-state index contributed by atoms with van der Waals surface area (Å²) in [5, 5.41) is 11.3. The molecule has 184 valence electrons. The van der Waals surface area contributed by atoms with Crippen LogP contribution >= 0.6 is 0 Å². The van der Waals surface area contributed by atoms with Crippen LogP contribution in [-0.2, 0) is 9.47 Å². The predicted molar refractivity (Wildman–Crippen MR) is 134 cm³/mol. The highest BCUT2D eigenvalue weighted by atomic mass is 16.5. The van der Waals surface area contributed by atoms with Gasteiger partial charge in [0.05, 0.1) is 13.2 Å². The van der Waals surface area contributed by atoms with E-state index in [9.17, 15) is 14.7 Å². The number of phenolic OH excluding ortho intramolecular Hbond substituents is 1. The summed E-state index contributed by atoms with van der Waals surface area (Å²) >= 11 is 0. The van der Waals surface area contributed by atoms with Gasteiger partial charge in [0.25, 0.3) is 0 Å². The first-order valence-corrected chi connectivity index (χ1v) is 10.3. The molecule has 7 heteroatoms. The number of carbonyl (C=O) groups is 2. The number of esters is 2. The number of rotatable bonds is 4. The van der Waals surface area contributed by atoms with Gasteiger partial charge in [-0.2, -0.15) is 0 Å². The summed E-state index contributed by atoms with van der Waals surface area (Å²) in [4.78, 5) is 22.9. The van der Waals surface area contributed by atoms with Crippen LogP contribution in [0.25, 0.3) is 21.9 Å². The molecular formula is C27H34O7. The maximum atomic E-state index is 11.5. The second kappa shape index (κ2) is 11.9. The molecule has 0 amide bonds. The summed E-state index contributed by atoms with van der Waals surface area (Å²) in [6.45, 7) is 9.99. The number of aromatic hydroxyl groups is 1. The number of benzene rings is 2. The summed E-state index contributed by atoms with van der Waals surface area (Å²) in [5.41, 5.74) is 4.16. The van der Waals surface area contributed by atoms with E-state index in [2.05, 4.69) is 0 Å². The first-order chi connectivity index (χ1) is 15.2. The van der Waals surface area contributed by atoms with Crippen LogP contribution in [0.4, 0.5) is 0 Å². The molecule has 4 rings (SSSR count). The number of hydrogen-bond donors (Lipinski definition) is 1. The molecule has 7 nitrogen and oxygen atoms in total. The molecule has 2 heterocycles. The number of phenols is 1. The molecule has 0 aliphatic rings. The van der Waals surface area contributed by atoms with Crippen molar-refractivity contribution in [3.8, 4) is 5.75 Å². The van der Waals surface area contributed by atoms with Crippen LogP contribution < -0.4 is 0 Å². The molecule has 0 bridgehead atoms. The summed E-state index contributed by atoms with van der Waals surface area (Å²) in [5.74, 6) is -0.514. The second-order valence-corrected chi connectivity index (χ2v) is 7.36. The van der Waals surface area contributed by atoms with E-state index in [-0.39, 0.29) is 32.1 Å². The topological polar surface area (TPSA) is 99.1 Å². The molecule has 34 heavy (non-hydrogen) atoms. The third-order valence-corrected chi connectivity index (χ3v) is 4.64. The van der Waals surface area contributed by atoms with Gasteiger partial charge in [0.2, 0.25) is 11.5 Å². The van der Waals surface area contributed by atoms with E-state index < -0.39 is 11.9 Å². The van der Waals surface area contributed by atoms with Gasteiger partial charge in [-0.15, -0.1) is 0 Å². The molecule has 0 atom stereocenters. The number of ether oxygens (including phenoxy) is 2. The number of aryl methyl sites for hydroxylation is 3. The van der Waals surface area contributed by atoms with Crippen LogP contribution in [0.15, 0.2) is 45.2 Å². The van der Waals surface area contributed by atoms with Gasteiger partial charge < -0.3 is 23.4 Å². The number of carbonyl (C=O) groups excluding carboxylic acids is 2. The summed E-state index contributed by atoms with van der Waals surface area (Å²) in [6.07, 6.45) is 0. The van der Waals surface area contributed by atoms with Gasteiger partial charge >= 0.3 is 11.9 Å². The Hall–Kier alpha value is -3.74. The smallest absolute Gasteiger partial charge is 0.374 e.